The van der Waals surface area contributed by atoms with Crippen LogP contribution in [0.1, 0.15) is 13.3 Å². The number of ketones is 2. The first-order chi connectivity index (χ1) is 7.59. The van der Waals surface area contributed by atoms with E-state index >= 15 is 0 Å². The summed E-state index contributed by atoms with van der Waals surface area (Å²) in [6, 6.07) is 0. The third kappa shape index (κ3) is 1.07. The molecule has 1 saturated heterocycles. The summed E-state index contributed by atoms with van der Waals surface area (Å²) in [6.45, 7) is 1.27. The molecule has 0 amide bonds. The molecule has 4 heteroatoms. The van der Waals surface area contributed by atoms with E-state index in [0.29, 0.717) is 0 Å². The molecule has 3 aliphatic rings. The van der Waals surface area contributed by atoms with Crippen molar-refractivity contribution in [1.82, 2.24) is 0 Å². The van der Waals surface area contributed by atoms with Crippen molar-refractivity contribution < 1.29 is 19.1 Å². The third-order valence-corrected chi connectivity index (χ3v) is 3.89. The number of allylic oxidation sites excluding steroid dienone is 1. The Morgan fingerprint density at radius 1 is 1.31 bits per heavy atom. The normalized spacial score (nSPS) is 44.4. The molecule has 16 heavy (non-hydrogen) atoms. The van der Waals surface area contributed by atoms with Crippen LogP contribution in [0.3, 0.4) is 0 Å². The Labute approximate surface area is 92.6 Å². The minimum Gasteiger partial charge on any atom is -0.460 e. The molecule has 0 aromatic carbocycles. The van der Waals surface area contributed by atoms with Crippen molar-refractivity contribution in [2.24, 2.45) is 23.7 Å². The number of Topliss-reactive ketones (excluding diaryl/α,β-unsaturated/α-hetero) is 2. The van der Waals surface area contributed by atoms with E-state index < -0.39 is 17.7 Å². The first-order valence-electron chi connectivity index (χ1n) is 5.52. The van der Waals surface area contributed by atoms with Gasteiger partial charge < -0.3 is 4.74 Å². The van der Waals surface area contributed by atoms with Crippen molar-refractivity contribution >= 4 is 17.5 Å². The summed E-state index contributed by atoms with van der Waals surface area (Å²) in [6.07, 6.45) is 4.59. The molecule has 0 aromatic heterocycles. The Hall–Kier alpha value is -1.45. The van der Waals surface area contributed by atoms with E-state index in [1.807, 2.05) is 12.2 Å². The van der Waals surface area contributed by atoms with E-state index in [1.165, 1.54) is 6.92 Å². The van der Waals surface area contributed by atoms with Gasteiger partial charge in [0.1, 0.15) is 6.10 Å². The standard InChI is InChI=1S/C12H12O4/c1-5(13)8-10(14)9-6-2-3-7(4-6)11(9)16-12(8)15/h2-3,6-9,11H,4H2,1H3. The van der Waals surface area contributed by atoms with Gasteiger partial charge in [0.05, 0.1) is 5.92 Å². The van der Waals surface area contributed by atoms with Crippen LogP contribution in [0.15, 0.2) is 12.2 Å². The van der Waals surface area contributed by atoms with Gasteiger partial charge in [0, 0.05) is 5.92 Å². The molecule has 0 aromatic rings. The Bertz CT molecular complexity index is 423. The average Bonchev–Trinajstić information content (AvgIpc) is 2.76. The van der Waals surface area contributed by atoms with Gasteiger partial charge in [0.2, 0.25) is 0 Å². The number of ether oxygens (including phenoxy) is 1. The minimum atomic E-state index is -1.17. The maximum absolute atomic E-state index is 12.1. The number of carbonyl (C=O) groups excluding carboxylic acids is 3. The van der Waals surface area contributed by atoms with Crippen molar-refractivity contribution in [3.63, 3.8) is 0 Å². The first kappa shape index (κ1) is 9.75. The molecular weight excluding hydrogens is 208 g/mol. The number of esters is 1. The number of hydrogen-bond acceptors (Lipinski definition) is 4. The summed E-state index contributed by atoms with van der Waals surface area (Å²) in [5.41, 5.74) is 0. The number of fused-ring (bicyclic) bond motifs is 5. The monoisotopic (exact) mass is 220 g/mol. The second kappa shape index (κ2) is 3.03. The highest BCUT2D eigenvalue weighted by Crippen LogP contribution is 2.48. The summed E-state index contributed by atoms with van der Waals surface area (Å²) in [5.74, 6) is -2.39. The first-order valence-corrected chi connectivity index (χ1v) is 5.52. The molecule has 2 fully saturated rings. The van der Waals surface area contributed by atoms with Crippen molar-refractivity contribution in [3.8, 4) is 0 Å². The summed E-state index contributed by atoms with van der Waals surface area (Å²) < 4.78 is 5.26. The smallest absolute Gasteiger partial charge is 0.324 e. The topological polar surface area (TPSA) is 60.4 Å². The van der Waals surface area contributed by atoms with Crippen LogP contribution in [0.5, 0.6) is 0 Å². The van der Waals surface area contributed by atoms with Gasteiger partial charge in [-0.2, -0.15) is 0 Å². The lowest BCUT2D eigenvalue weighted by Crippen LogP contribution is -2.49. The van der Waals surface area contributed by atoms with Crippen LogP contribution in [0.4, 0.5) is 0 Å². The molecule has 5 atom stereocenters. The van der Waals surface area contributed by atoms with Crippen LogP contribution in [0, 0.1) is 23.7 Å². The van der Waals surface area contributed by atoms with Crippen molar-refractivity contribution in [2.45, 2.75) is 19.4 Å². The molecule has 2 bridgehead atoms. The van der Waals surface area contributed by atoms with Crippen LogP contribution in [0.25, 0.3) is 0 Å². The van der Waals surface area contributed by atoms with E-state index in [9.17, 15) is 14.4 Å². The van der Waals surface area contributed by atoms with E-state index in [1.54, 1.807) is 0 Å². The molecule has 5 unspecified atom stereocenters. The largest absolute Gasteiger partial charge is 0.460 e. The van der Waals surface area contributed by atoms with Gasteiger partial charge in [-0.15, -0.1) is 0 Å². The fourth-order valence-electron chi connectivity index (χ4n) is 3.19. The van der Waals surface area contributed by atoms with Gasteiger partial charge in [-0.3, -0.25) is 14.4 Å². The summed E-state index contributed by atoms with van der Waals surface area (Å²) in [5, 5.41) is 0. The summed E-state index contributed by atoms with van der Waals surface area (Å²) in [4.78, 5) is 34.9. The number of hydrogen-bond donors (Lipinski definition) is 0. The fraction of sp³-hybridized carbons (Fsp3) is 0.583. The van der Waals surface area contributed by atoms with Gasteiger partial charge in [0.25, 0.3) is 0 Å². The maximum Gasteiger partial charge on any atom is 0.324 e. The zero-order valence-corrected chi connectivity index (χ0v) is 8.88. The van der Waals surface area contributed by atoms with E-state index in [-0.39, 0.29) is 29.6 Å². The molecule has 0 N–H and O–H groups in total. The van der Waals surface area contributed by atoms with Gasteiger partial charge in [-0.25, -0.2) is 0 Å². The minimum absolute atomic E-state index is 0.164. The molecule has 4 nitrogen and oxygen atoms in total. The van der Waals surface area contributed by atoms with Crippen molar-refractivity contribution in [3.05, 3.63) is 12.2 Å². The van der Waals surface area contributed by atoms with Gasteiger partial charge in [0.15, 0.2) is 17.5 Å². The van der Waals surface area contributed by atoms with Gasteiger partial charge in [-0.05, 0) is 19.3 Å². The van der Waals surface area contributed by atoms with Crippen LogP contribution in [0.2, 0.25) is 0 Å². The zero-order chi connectivity index (χ0) is 11.4. The second-order valence-electron chi connectivity index (χ2n) is 4.82. The third-order valence-electron chi connectivity index (χ3n) is 3.89. The summed E-state index contributed by atoms with van der Waals surface area (Å²) in [7, 11) is 0. The average molecular weight is 220 g/mol. The molecule has 2 aliphatic carbocycles. The van der Waals surface area contributed by atoms with Crippen LogP contribution >= 0.6 is 0 Å². The Kier molecular flexibility index (Phi) is 1.85. The molecule has 84 valence electrons. The Morgan fingerprint density at radius 3 is 2.69 bits per heavy atom. The molecular formula is C12H12O4. The highest BCUT2D eigenvalue weighted by molar-refractivity contribution is 6.18. The van der Waals surface area contributed by atoms with E-state index in [0.717, 1.165) is 6.42 Å². The lowest BCUT2D eigenvalue weighted by molar-refractivity contribution is -0.172. The molecule has 3 rings (SSSR count). The summed E-state index contributed by atoms with van der Waals surface area (Å²) >= 11 is 0. The van der Waals surface area contributed by atoms with Crippen LogP contribution in [-0.2, 0) is 19.1 Å². The second-order valence-corrected chi connectivity index (χ2v) is 4.82. The molecule has 1 heterocycles. The van der Waals surface area contributed by atoms with Crippen LogP contribution in [-0.4, -0.2) is 23.6 Å². The number of rotatable bonds is 1. The van der Waals surface area contributed by atoms with Crippen LogP contribution < -0.4 is 0 Å². The maximum atomic E-state index is 12.1. The van der Waals surface area contributed by atoms with Crippen molar-refractivity contribution in [2.75, 3.05) is 0 Å². The SMILES string of the molecule is CC(=O)C1C(=O)OC2C3C=CC(C3)C2C1=O. The quantitative estimate of drug-likeness (QED) is 0.367. The molecule has 0 spiro atoms. The number of carbonyl (C=O) groups is 3. The van der Waals surface area contributed by atoms with E-state index in [2.05, 4.69) is 0 Å². The lowest BCUT2D eigenvalue weighted by atomic mass is 9.78. The van der Waals surface area contributed by atoms with E-state index in [4.69, 9.17) is 4.74 Å². The van der Waals surface area contributed by atoms with Gasteiger partial charge in [-0.1, -0.05) is 12.2 Å². The molecule has 1 saturated carbocycles. The lowest BCUT2D eigenvalue weighted by Gasteiger charge is -2.33. The molecule has 0 radical (unpaired) electrons. The molecule has 1 aliphatic heterocycles. The highest BCUT2D eigenvalue weighted by Gasteiger charge is 2.57. The fourth-order valence-corrected chi connectivity index (χ4v) is 3.19. The predicted molar refractivity (Wildman–Crippen MR) is 53.3 cm³/mol. The predicted octanol–water partition coefficient (Wildman–Crippen LogP) is 0.508. The van der Waals surface area contributed by atoms with Crippen molar-refractivity contribution in [1.29, 1.82) is 0 Å². The Balaban J connectivity index is 1.97. The highest BCUT2D eigenvalue weighted by atomic mass is 16.5. The zero-order valence-electron chi connectivity index (χ0n) is 8.88. The Morgan fingerprint density at radius 2 is 2.00 bits per heavy atom. The van der Waals surface area contributed by atoms with Gasteiger partial charge >= 0.3 is 5.97 Å².